The maximum atomic E-state index is 15.0. The van der Waals surface area contributed by atoms with Gasteiger partial charge in [0, 0.05) is 27.5 Å². The minimum absolute atomic E-state index is 0.266. The highest BCUT2D eigenvalue weighted by atomic mass is 16.3. The molecule has 0 heterocycles. The van der Waals surface area contributed by atoms with Gasteiger partial charge in [-0.15, -0.1) is 0 Å². The van der Waals surface area contributed by atoms with Crippen LogP contribution >= 0.6 is 0 Å². The number of carbonyl (C=O) groups is 2. The summed E-state index contributed by atoms with van der Waals surface area (Å²) in [5, 5.41) is 75.2. The summed E-state index contributed by atoms with van der Waals surface area (Å²) >= 11 is 0. The number of Topliss-reactive ketones (excluding diaryl/α,β-unsaturated/α-hetero) is 2. The van der Waals surface area contributed by atoms with Gasteiger partial charge in [0.25, 0.3) is 0 Å². The first kappa shape index (κ1) is 35.1. The van der Waals surface area contributed by atoms with Crippen LogP contribution in [-0.4, -0.2) is 62.5 Å². The van der Waals surface area contributed by atoms with Gasteiger partial charge in [0.15, 0.2) is 33.3 Å². The largest absolute Gasteiger partial charge is 0.506 e. The van der Waals surface area contributed by atoms with E-state index in [1.54, 1.807) is 0 Å². The van der Waals surface area contributed by atoms with Crippen LogP contribution in [0.15, 0.2) is 54.6 Å². The van der Waals surface area contributed by atoms with Crippen molar-refractivity contribution in [3.05, 3.63) is 120 Å². The van der Waals surface area contributed by atoms with E-state index >= 15 is 9.59 Å². The van der Waals surface area contributed by atoms with Crippen LogP contribution in [0.5, 0.6) is 23.0 Å². The SMILES string of the molecule is CCC1=C([C@H]2C(=O)c3c(c(=[N+]=[N-])c4c(O)c5c(=O)ccc(=O)c5c(O)c34)[C@@H](O)[C@]2(O)CC)C(=O)c2c(c(=[N+]=[N-])c3c(O)c4c(=O)ccc(=O)c4c(O)c23)[C@H]1O. The predicted octanol–water partition coefficient (Wildman–Crippen LogP) is 0.198. The maximum Gasteiger partial charge on any atom is 0.333 e. The second-order valence-electron chi connectivity index (χ2n) is 13.6. The summed E-state index contributed by atoms with van der Waals surface area (Å²) in [5.74, 6) is -8.70. The minimum Gasteiger partial charge on any atom is -0.506 e. The summed E-state index contributed by atoms with van der Waals surface area (Å²) in [7, 11) is 0. The molecule has 0 aromatic heterocycles. The standard InChI is InChI=1S/C38H24N4O13/c1-3-9-14(31(48)19-20-24(28(41-39)23(19)30(9)47)34(51)17-12(45)7-5-10(43)15(17)32(20)49)27-36(53)22-21-25(29(42-40)26(22)37(54)38(27,55)4-2)35(52)18-13(46)8-6-11(44)16(18)33(21)50/h5-8,27,30,37,47,49-52,54-55H,3-4H2,1-2H3/t27-,30-,37+,38-/m0/s1. The lowest BCUT2D eigenvalue weighted by atomic mass is 9.62. The van der Waals surface area contributed by atoms with E-state index in [2.05, 4.69) is 9.58 Å². The van der Waals surface area contributed by atoms with Gasteiger partial charge in [-0.3, -0.25) is 28.8 Å². The Hall–Kier alpha value is -7.00. The van der Waals surface area contributed by atoms with Crippen LogP contribution in [0.2, 0.25) is 0 Å². The Kier molecular flexibility index (Phi) is 7.17. The molecule has 0 radical (unpaired) electrons. The summed E-state index contributed by atoms with van der Waals surface area (Å²) in [6.45, 7) is 2.76. The molecular formula is C38H24N4O13. The van der Waals surface area contributed by atoms with Crippen LogP contribution in [0.25, 0.3) is 54.2 Å². The highest BCUT2D eigenvalue weighted by Gasteiger charge is 2.59. The first-order valence-electron chi connectivity index (χ1n) is 16.7. The molecule has 0 saturated heterocycles. The number of fused-ring (bicyclic) bond motifs is 8. The third-order valence-corrected chi connectivity index (χ3v) is 11.3. The smallest absolute Gasteiger partial charge is 0.333 e. The number of rotatable bonds is 3. The van der Waals surface area contributed by atoms with Crippen molar-refractivity contribution in [3.8, 4) is 23.0 Å². The van der Waals surface area contributed by atoms with Gasteiger partial charge < -0.3 is 46.8 Å². The number of ketones is 2. The van der Waals surface area contributed by atoms with Crippen LogP contribution in [0.1, 0.15) is 70.7 Å². The van der Waals surface area contributed by atoms with Gasteiger partial charge in [0.05, 0.1) is 38.6 Å². The van der Waals surface area contributed by atoms with E-state index < -0.39 is 168 Å². The molecule has 8 rings (SSSR count). The average Bonchev–Trinajstić information content (AvgIpc) is 3.71. The van der Waals surface area contributed by atoms with Crippen molar-refractivity contribution in [1.29, 1.82) is 0 Å². The monoisotopic (exact) mass is 744 g/mol. The van der Waals surface area contributed by atoms with Crippen LogP contribution in [-0.2, 0) is 0 Å². The van der Waals surface area contributed by atoms with E-state index in [0.717, 1.165) is 24.3 Å². The molecule has 0 amide bonds. The number of phenols is 4. The first-order valence-corrected chi connectivity index (χ1v) is 16.7. The molecule has 17 nitrogen and oxygen atoms in total. The molecule has 274 valence electrons. The topological polar surface area (TPSA) is 317 Å². The second kappa shape index (κ2) is 11.3. The molecule has 7 N–H and O–H groups in total. The average molecular weight is 745 g/mol. The summed E-state index contributed by atoms with van der Waals surface area (Å²) in [5.41, 5.74) is 10.4. The normalized spacial score (nSPS) is 21.1. The van der Waals surface area contributed by atoms with Crippen molar-refractivity contribution >= 4 is 54.7 Å². The molecular weight excluding hydrogens is 720 g/mol. The van der Waals surface area contributed by atoms with Crippen molar-refractivity contribution in [2.75, 3.05) is 0 Å². The number of hydrogen-bond acceptors (Lipinski definition) is 13. The van der Waals surface area contributed by atoms with Crippen LogP contribution in [0.3, 0.4) is 0 Å². The molecule has 4 atom stereocenters. The van der Waals surface area contributed by atoms with E-state index in [4.69, 9.17) is 0 Å². The lowest BCUT2D eigenvalue weighted by Crippen LogP contribution is -2.54. The summed E-state index contributed by atoms with van der Waals surface area (Å²) in [4.78, 5) is 87.8. The lowest BCUT2D eigenvalue weighted by molar-refractivity contribution is -0.114. The highest BCUT2D eigenvalue weighted by molar-refractivity contribution is 6.29. The van der Waals surface area contributed by atoms with Crippen LogP contribution in [0.4, 0.5) is 0 Å². The molecule has 0 fully saturated rings. The maximum absolute atomic E-state index is 15.0. The zero-order valence-corrected chi connectivity index (χ0v) is 28.3. The molecule has 0 bridgehead atoms. The van der Waals surface area contributed by atoms with Gasteiger partial charge in [-0.2, -0.15) is 9.58 Å². The fourth-order valence-corrected chi connectivity index (χ4v) is 8.86. The van der Waals surface area contributed by atoms with Crippen molar-refractivity contribution in [2.45, 2.75) is 44.5 Å². The predicted molar refractivity (Wildman–Crippen MR) is 188 cm³/mol. The second-order valence-corrected chi connectivity index (χ2v) is 13.6. The molecule has 2 aliphatic carbocycles. The molecule has 6 aromatic carbocycles. The summed E-state index contributed by atoms with van der Waals surface area (Å²) in [6.07, 6.45) is -5.09. The molecule has 0 unspecified atom stereocenters. The van der Waals surface area contributed by atoms with Gasteiger partial charge in [-0.25, -0.2) is 0 Å². The van der Waals surface area contributed by atoms with E-state index in [1.807, 2.05) is 0 Å². The third kappa shape index (κ3) is 3.91. The molecule has 6 aromatic rings. The number of aliphatic hydroxyl groups excluding tert-OH is 2. The first-order chi connectivity index (χ1) is 26.0. The van der Waals surface area contributed by atoms with Crippen molar-refractivity contribution in [3.63, 3.8) is 0 Å². The molecule has 2 aliphatic rings. The Morgan fingerprint density at radius 2 is 1.02 bits per heavy atom. The summed E-state index contributed by atoms with van der Waals surface area (Å²) < 4.78 is 0. The number of hydrogen-bond donors (Lipinski definition) is 7. The number of nitrogens with zero attached hydrogens (tertiary/aromatic N) is 4. The van der Waals surface area contributed by atoms with Crippen molar-refractivity contribution < 1.29 is 54.9 Å². The Morgan fingerprint density at radius 1 is 0.618 bits per heavy atom. The van der Waals surface area contributed by atoms with E-state index in [9.17, 15) is 66.0 Å². The Balaban J connectivity index is 1.52. The van der Waals surface area contributed by atoms with Crippen LogP contribution in [0, 0.1) is 5.92 Å². The van der Waals surface area contributed by atoms with Gasteiger partial charge in [-0.1, -0.05) is 13.8 Å². The number of carbonyl (C=O) groups excluding carboxylic acids is 2. The molecule has 55 heavy (non-hydrogen) atoms. The van der Waals surface area contributed by atoms with Crippen molar-refractivity contribution in [1.82, 2.24) is 0 Å². The van der Waals surface area contributed by atoms with Gasteiger partial charge in [0.1, 0.15) is 51.6 Å². The molecule has 0 saturated carbocycles. The van der Waals surface area contributed by atoms with E-state index in [0.29, 0.717) is 0 Å². The van der Waals surface area contributed by atoms with Gasteiger partial charge in [-0.05, 0) is 42.7 Å². The summed E-state index contributed by atoms with van der Waals surface area (Å²) in [6, 6.07) is 3.25. The zero-order valence-electron chi connectivity index (χ0n) is 28.3. The van der Waals surface area contributed by atoms with Crippen LogP contribution < -0.4 is 32.4 Å². The molecule has 0 spiro atoms. The number of aromatic hydroxyl groups is 4. The van der Waals surface area contributed by atoms with E-state index in [-0.39, 0.29) is 12.0 Å². The molecule has 17 heteroatoms. The fraction of sp³-hybridized carbons (Fsp3) is 0.211. The van der Waals surface area contributed by atoms with E-state index in [1.165, 1.54) is 13.8 Å². The quantitative estimate of drug-likeness (QED) is 0.0724. The van der Waals surface area contributed by atoms with Gasteiger partial charge in [0.2, 0.25) is 0 Å². The number of phenolic OH excluding ortho intramolecular Hbond substituents is 4. The molecule has 0 aliphatic heterocycles. The minimum atomic E-state index is -2.72. The fourth-order valence-electron chi connectivity index (χ4n) is 8.86. The Bertz CT molecular complexity index is 3320. The number of benzene rings is 4. The Morgan fingerprint density at radius 3 is 1.42 bits per heavy atom. The third-order valence-electron chi connectivity index (χ3n) is 11.3. The van der Waals surface area contributed by atoms with Gasteiger partial charge >= 0.3 is 10.7 Å². The lowest BCUT2D eigenvalue weighted by Gasteiger charge is -2.43. The highest BCUT2D eigenvalue weighted by Crippen LogP contribution is 2.55. The zero-order chi connectivity index (χ0) is 39.9. The number of aliphatic hydroxyl groups is 3. The Labute approximate surface area is 303 Å². The van der Waals surface area contributed by atoms with Crippen molar-refractivity contribution in [2.24, 2.45) is 5.92 Å².